The molecule has 0 radical (unpaired) electrons. The maximum Gasteiger partial charge on any atom is 0.287 e. The van der Waals surface area contributed by atoms with Crippen LogP contribution >= 0.6 is 0 Å². The van der Waals surface area contributed by atoms with Crippen LogP contribution in [-0.4, -0.2) is 26.7 Å². The van der Waals surface area contributed by atoms with Crippen LogP contribution in [0.5, 0.6) is 11.5 Å². The minimum absolute atomic E-state index is 0.0879. The predicted octanol–water partition coefficient (Wildman–Crippen LogP) is 5.47. The van der Waals surface area contributed by atoms with Gasteiger partial charge in [-0.25, -0.2) is 0 Å². The van der Waals surface area contributed by atoms with E-state index >= 15 is 0 Å². The van der Waals surface area contributed by atoms with Gasteiger partial charge in [0.25, 0.3) is 5.91 Å². The number of hydrogen-bond donors (Lipinski definition) is 1. The Morgan fingerprint density at radius 3 is 2.41 bits per heavy atom. The van der Waals surface area contributed by atoms with E-state index in [0.717, 1.165) is 11.3 Å². The van der Waals surface area contributed by atoms with Crippen molar-refractivity contribution >= 4 is 5.91 Å². The third-order valence-electron chi connectivity index (χ3n) is 5.61. The van der Waals surface area contributed by atoms with Crippen molar-refractivity contribution in [3.05, 3.63) is 82.3 Å². The number of furan rings is 1. The van der Waals surface area contributed by atoms with Crippen molar-refractivity contribution in [2.24, 2.45) is 0 Å². The second-order valence-corrected chi connectivity index (χ2v) is 9.03. The fourth-order valence-electron chi connectivity index (χ4n) is 3.55. The summed E-state index contributed by atoms with van der Waals surface area (Å²) in [6, 6.07) is 15.9. The van der Waals surface area contributed by atoms with Crippen molar-refractivity contribution in [3.8, 4) is 11.5 Å². The number of nitrogens with one attached hydrogen (secondary N) is 1. The third-order valence-corrected chi connectivity index (χ3v) is 5.61. The zero-order chi connectivity index (χ0) is 23.3. The van der Waals surface area contributed by atoms with E-state index in [4.69, 9.17) is 13.9 Å². The zero-order valence-electron chi connectivity index (χ0n) is 19.9. The van der Waals surface area contributed by atoms with E-state index < -0.39 is 0 Å². The maximum atomic E-state index is 12.5. The van der Waals surface area contributed by atoms with Crippen molar-refractivity contribution < 1.29 is 18.7 Å². The molecular weight excluding hydrogens is 402 g/mol. The van der Waals surface area contributed by atoms with E-state index in [1.54, 1.807) is 20.3 Å². The average Bonchev–Trinajstić information content (AvgIpc) is 3.23. The molecule has 0 aliphatic rings. The van der Waals surface area contributed by atoms with Gasteiger partial charge < -0.3 is 19.2 Å². The number of carbonyl (C=O) groups is 1. The molecule has 32 heavy (non-hydrogen) atoms. The summed E-state index contributed by atoms with van der Waals surface area (Å²) in [4.78, 5) is 12.5. The lowest BCUT2D eigenvalue weighted by Crippen LogP contribution is -2.25. The first-order chi connectivity index (χ1) is 15.2. The molecule has 1 amide bonds. The number of aryl methyl sites for hydroxylation is 1. The molecule has 2 aromatic carbocycles. The van der Waals surface area contributed by atoms with Crippen molar-refractivity contribution in [2.45, 2.75) is 46.0 Å². The van der Waals surface area contributed by atoms with Crippen molar-refractivity contribution in [2.75, 3.05) is 20.8 Å². The first-order valence-corrected chi connectivity index (χ1v) is 10.9. The first kappa shape index (κ1) is 23.5. The Balaban J connectivity index is 1.59. The molecule has 0 atom stereocenters. The smallest absolute Gasteiger partial charge is 0.287 e. The number of hydrogen-bond acceptors (Lipinski definition) is 4. The molecule has 0 unspecified atom stereocenters. The van der Waals surface area contributed by atoms with E-state index in [1.807, 2.05) is 24.3 Å². The molecule has 0 saturated heterocycles. The first-order valence-electron chi connectivity index (χ1n) is 10.9. The van der Waals surface area contributed by atoms with E-state index in [2.05, 4.69) is 51.2 Å². The summed E-state index contributed by atoms with van der Waals surface area (Å²) in [5, 5.41) is 2.93. The van der Waals surface area contributed by atoms with Gasteiger partial charge >= 0.3 is 0 Å². The highest BCUT2D eigenvalue weighted by atomic mass is 16.5. The monoisotopic (exact) mass is 435 g/mol. The molecular formula is C27H33NO4. The van der Waals surface area contributed by atoms with Crippen LogP contribution in [0.2, 0.25) is 0 Å². The van der Waals surface area contributed by atoms with Crippen LogP contribution in [0.25, 0.3) is 0 Å². The van der Waals surface area contributed by atoms with Crippen LogP contribution < -0.4 is 14.8 Å². The molecule has 0 fully saturated rings. The summed E-state index contributed by atoms with van der Waals surface area (Å²) in [5.74, 6) is 2.27. The lowest BCUT2D eigenvalue weighted by atomic mass is 9.85. The van der Waals surface area contributed by atoms with Gasteiger partial charge in [-0.3, -0.25) is 4.79 Å². The molecule has 1 N–H and O–H groups in total. The highest BCUT2D eigenvalue weighted by Gasteiger charge is 2.16. The van der Waals surface area contributed by atoms with Crippen LogP contribution in [0.1, 0.15) is 59.3 Å². The Hall–Kier alpha value is -3.21. The van der Waals surface area contributed by atoms with Crippen LogP contribution in [-0.2, 0) is 18.3 Å². The minimum Gasteiger partial charge on any atom is -0.493 e. The third kappa shape index (κ3) is 5.72. The molecule has 3 aromatic rings. The lowest BCUT2D eigenvalue weighted by molar-refractivity contribution is 0.0925. The summed E-state index contributed by atoms with van der Waals surface area (Å²) < 4.78 is 16.4. The Kier molecular flexibility index (Phi) is 7.29. The molecule has 0 saturated carbocycles. The molecule has 5 nitrogen and oxygen atoms in total. The van der Waals surface area contributed by atoms with Crippen LogP contribution in [0.15, 0.2) is 52.9 Å². The number of ether oxygens (including phenoxy) is 2. The lowest BCUT2D eigenvalue weighted by Gasteiger charge is -2.20. The Bertz CT molecular complexity index is 1080. The summed E-state index contributed by atoms with van der Waals surface area (Å²) in [7, 11) is 3.22. The van der Waals surface area contributed by atoms with Gasteiger partial charge in [0.2, 0.25) is 0 Å². The fourth-order valence-corrected chi connectivity index (χ4v) is 3.55. The Morgan fingerprint density at radius 1 is 0.969 bits per heavy atom. The highest BCUT2D eigenvalue weighted by Crippen LogP contribution is 2.28. The zero-order valence-corrected chi connectivity index (χ0v) is 19.9. The van der Waals surface area contributed by atoms with Crippen molar-refractivity contribution in [1.82, 2.24) is 5.32 Å². The van der Waals surface area contributed by atoms with Gasteiger partial charge in [-0.1, -0.05) is 45.0 Å². The van der Waals surface area contributed by atoms with Gasteiger partial charge in [0.05, 0.1) is 14.2 Å². The van der Waals surface area contributed by atoms with Gasteiger partial charge in [0.15, 0.2) is 17.3 Å². The number of carbonyl (C=O) groups excluding carboxylic acids is 1. The molecule has 0 aliphatic heterocycles. The van der Waals surface area contributed by atoms with E-state index in [1.165, 1.54) is 16.7 Å². The van der Waals surface area contributed by atoms with Gasteiger partial charge in [-0.2, -0.15) is 0 Å². The molecule has 1 aromatic heterocycles. The summed E-state index contributed by atoms with van der Waals surface area (Å²) in [6.07, 6.45) is 1.34. The molecule has 0 spiro atoms. The van der Waals surface area contributed by atoms with Gasteiger partial charge in [0.1, 0.15) is 5.76 Å². The summed E-state index contributed by atoms with van der Waals surface area (Å²) in [6.45, 7) is 9.22. The number of methoxy groups -OCH3 is 2. The molecule has 170 valence electrons. The molecule has 0 aliphatic carbocycles. The van der Waals surface area contributed by atoms with E-state index in [9.17, 15) is 4.79 Å². The number of amides is 1. The topological polar surface area (TPSA) is 60.7 Å². The SMILES string of the molecule is COc1ccc(CCNC(=O)c2ccc(Cc3cc(C(C)(C)C)ccc3C)o2)cc1OC. The second-order valence-electron chi connectivity index (χ2n) is 9.03. The largest absolute Gasteiger partial charge is 0.493 e. The van der Waals surface area contributed by atoms with Crippen LogP contribution in [0.3, 0.4) is 0 Å². The van der Waals surface area contributed by atoms with Crippen molar-refractivity contribution in [1.29, 1.82) is 0 Å². The Morgan fingerprint density at radius 2 is 1.72 bits per heavy atom. The van der Waals surface area contributed by atoms with Gasteiger partial charge in [0, 0.05) is 13.0 Å². The minimum atomic E-state index is -0.211. The second kappa shape index (κ2) is 9.94. The summed E-state index contributed by atoms with van der Waals surface area (Å²) >= 11 is 0. The molecule has 0 bridgehead atoms. The average molecular weight is 436 g/mol. The number of benzene rings is 2. The van der Waals surface area contributed by atoms with Crippen LogP contribution in [0, 0.1) is 6.92 Å². The van der Waals surface area contributed by atoms with Gasteiger partial charge in [-0.15, -0.1) is 0 Å². The summed E-state index contributed by atoms with van der Waals surface area (Å²) in [5.41, 5.74) is 4.86. The molecule has 3 rings (SSSR count). The van der Waals surface area contributed by atoms with E-state index in [0.29, 0.717) is 36.6 Å². The molecule has 1 heterocycles. The standard InChI is InChI=1S/C27H33NO4/c1-18-7-9-21(27(2,3)4)16-20(18)17-22-10-12-24(32-22)26(29)28-14-13-19-8-11-23(30-5)25(15-19)31-6/h7-12,15-16H,13-14,17H2,1-6H3,(H,28,29). The Labute approximate surface area is 190 Å². The van der Waals surface area contributed by atoms with E-state index in [-0.39, 0.29) is 11.3 Å². The van der Waals surface area contributed by atoms with Crippen LogP contribution in [0.4, 0.5) is 0 Å². The normalized spacial score (nSPS) is 11.3. The molecule has 5 heteroatoms. The number of rotatable bonds is 8. The van der Waals surface area contributed by atoms with Crippen molar-refractivity contribution in [3.63, 3.8) is 0 Å². The predicted molar refractivity (Wildman–Crippen MR) is 127 cm³/mol. The van der Waals surface area contributed by atoms with Gasteiger partial charge in [-0.05, 0) is 65.3 Å². The highest BCUT2D eigenvalue weighted by molar-refractivity contribution is 5.91. The fraction of sp³-hybridized carbons (Fsp3) is 0.370. The maximum absolute atomic E-state index is 12.5. The quantitative estimate of drug-likeness (QED) is 0.510.